The Morgan fingerprint density at radius 2 is 2.00 bits per heavy atom. The number of carbonyl (C=O) groups is 1. The number of aromatic nitrogens is 2. The third-order valence-electron chi connectivity index (χ3n) is 5.43. The molecule has 2 aromatic rings. The van der Waals surface area contributed by atoms with Crippen LogP contribution < -0.4 is 10.9 Å². The third kappa shape index (κ3) is 4.57. The van der Waals surface area contributed by atoms with Crippen LogP contribution in [0.25, 0.3) is 0 Å². The van der Waals surface area contributed by atoms with Gasteiger partial charge in [0, 0.05) is 12.1 Å². The molecule has 3 heterocycles. The van der Waals surface area contributed by atoms with Crippen LogP contribution in [0.2, 0.25) is 0 Å². The molecule has 1 atom stereocenters. The summed E-state index contributed by atoms with van der Waals surface area (Å²) in [6.45, 7) is 3.22. The molecule has 2 aliphatic rings. The van der Waals surface area contributed by atoms with Gasteiger partial charge in [0.05, 0.1) is 25.0 Å². The van der Waals surface area contributed by atoms with E-state index in [4.69, 9.17) is 0 Å². The first-order valence-electron chi connectivity index (χ1n) is 9.31. The van der Waals surface area contributed by atoms with E-state index in [-0.39, 0.29) is 23.9 Å². The zero-order valence-corrected chi connectivity index (χ0v) is 16.1. The fourth-order valence-electron chi connectivity index (χ4n) is 3.88. The molecule has 0 saturated carbocycles. The van der Waals surface area contributed by atoms with Crippen LogP contribution in [0.5, 0.6) is 0 Å². The van der Waals surface area contributed by atoms with Gasteiger partial charge in [-0.1, -0.05) is 24.3 Å². The molecule has 27 heavy (non-hydrogen) atoms. The first-order chi connectivity index (χ1) is 12.7. The summed E-state index contributed by atoms with van der Waals surface area (Å²) in [4.78, 5) is 33.0. The van der Waals surface area contributed by atoms with E-state index in [9.17, 15) is 9.59 Å². The van der Waals surface area contributed by atoms with Gasteiger partial charge in [-0.05, 0) is 49.4 Å². The average molecular weight is 389 g/mol. The molecule has 2 N–H and O–H groups in total. The van der Waals surface area contributed by atoms with Crippen LogP contribution in [0.1, 0.15) is 28.8 Å². The number of fused-ring (bicyclic) bond motifs is 1. The number of nitrogens with zero attached hydrogens (tertiary/aromatic N) is 2. The van der Waals surface area contributed by atoms with Crippen molar-refractivity contribution >= 4 is 18.3 Å². The maximum absolute atomic E-state index is 12.6. The number of rotatable bonds is 4. The molecule has 1 aromatic heterocycles. The van der Waals surface area contributed by atoms with Gasteiger partial charge in [-0.25, -0.2) is 4.98 Å². The van der Waals surface area contributed by atoms with E-state index in [1.165, 1.54) is 18.3 Å². The number of halogens is 1. The molecule has 1 saturated heterocycles. The minimum Gasteiger partial charge on any atom is -0.336 e. The molecule has 1 fully saturated rings. The highest BCUT2D eigenvalue weighted by atomic mass is 35.5. The van der Waals surface area contributed by atoms with Crippen molar-refractivity contribution in [2.45, 2.75) is 32.2 Å². The summed E-state index contributed by atoms with van der Waals surface area (Å²) in [6, 6.07) is 8.42. The van der Waals surface area contributed by atoms with E-state index in [2.05, 4.69) is 39.6 Å². The highest BCUT2D eigenvalue weighted by molar-refractivity contribution is 5.85. The van der Waals surface area contributed by atoms with E-state index in [1.807, 2.05) is 0 Å². The minimum atomic E-state index is -0.0878. The van der Waals surface area contributed by atoms with Crippen molar-refractivity contribution in [2.75, 3.05) is 19.6 Å². The molecule has 1 aromatic carbocycles. The summed E-state index contributed by atoms with van der Waals surface area (Å²) in [7, 11) is 0. The molecule has 144 valence electrons. The van der Waals surface area contributed by atoms with Crippen molar-refractivity contribution in [1.29, 1.82) is 0 Å². The second-order valence-corrected chi connectivity index (χ2v) is 7.28. The van der Waals surface area contributed by atoms with Gasteiger partial charge in [0.15, 0.2) is 0 Å². The van der Waals surface area contributed by atoms with Gasteiger partial charge in [-0.3, -0.25) is 9.59 Å². The number of aromatic amines is 1. The standard InChI is InChI=1S/C20H24N4O2.ClH/c25-19(24-8-6-17-18(12-24)22-13-23-20(17)26)10-15-3-1-14(2-4-15)9-16-5-7-21-11-16;/h1-4,13,16,21H,5-12H2,(H,22,23,26);1H. The van der Waals surface area contributed by atoms with Crippen LogP contribution in [-0.2, 0) is 30.6 Å². The molecule has 1 amide bonds. The Balaban J connectivity index is 0.00000210. The molecular weight excluding hydrogens is 364 g/mol. The number of H-pyrrole nitrogens is 1. The predicted octanol–water partition coefficient (Wildman–Crippen LogP) is 1.47. The minimum absolute atomic E-state index is 0. The van der Waals surface area contributed by atoms with Crippen LogP contribution in [0.3, 0.4) is 0 Å². The van der Waals surface area contributed by atoms with Gasteiger partial charge >= 0.3 is 0 Å². The Labute approximate surface area is 164 Å². The average Bonchev–Trinajstić information content (AvgIpc) is 3.16. The number of hydrogen-bond donors (Lipinski definition) is 2. The lowest BCUT2D eigenvalue weighted by atomic mass is 9.97. The molecule has 0 radical (unpaired) electrons. The first kappa shape index (κ1) is 19.6. The summed E-state index contributed by atoms with van der Waals surface area (Å²) in [5.41, 5.74) is 3.71. The Kier molecular flexibility index (Phi) is 6.29. The van der Waals surface area contributed by atoms with Gasteiger partial charge < -0.3 is 15.2 Å². The fourth-order valence-corrected chi connectivity index (χ4v) is 3.88. The smallest absolute Gasteiger partial charge is 0.254 e. The number of amides is 1. The Morgan fingerprint density at radius 3 is 2.74 bits per heavy atom. The number of benzene rings is 1. The Morgan fingerprint density at radius 1 is 1.22 bits per heavy atom. The summed E-state index contributed by atoms with van der Waals surface area (Å²) < 4.78 is 0. The van der Waals surface area contributed by atoms with Crippen molar-refractivity contribution in [1.82, 2.24) is 20.2 Å². The fraction of sp³-hybridized carbons (Fsp3) is 0.450. The van der Waals surface area contributed by atoms with Gasteiger partial charge in [-0.15, -0.1) is 12.4 Å². The zero-order chi connectivity index (χ0) is 17.9. The molecule has 2 aliphatic heterocycles. The lowest BCUT2D eigenvalue weighted by Crippen LogP contribution is -2.39. The van der Waals surface area contributed by atoms with Crippen molar-refractivity contribution < 1.29 is 4.79 Å². The van der Waals surface area contributed by atoms with Crippen LogP contribution in [-0.4, -0.2) is 40.4 Å². The Hall–Kier alpha value is -2.18. The van der Waals surface area contributed by atoms with Crippen molar-refractivity contribution in [3.63, 3.8) is 0 Å². The number of hydrogen-bond acceptors (Lipinski definition) is 4. The highest BCUT2D eigenvalue weighted by Crippen LogP contribution is 2.17. The quantitative estimate of drug-likeness (QED) is 0.831. The SMILES string of the molecule is Cl.O=C(Cc1ccc(CC2CCNC2)cc1)N1CCc2c(nc[nH]c2=O)C1. The second-order valence-electron chi connectivity index (χ2n) is 7.28. The van der Waals surface area contributed by atoms with E-state index < -0.39 is 0 Å². The molecule has 0 spiro atoms. The maximum Gasteiger partial charge on any atom is 0.254 e. The van der Waals surface area contributed by atoms with E-state index in [1.54, 1.807) is 4.90 Å². The van der Waals surface area contributed by atoms with E-state index in [0.29, 0.717) is 37.2 Å². The normalized spacial score (nSPS) is 18.7. The summed E-state index contributed by atoms with van der Waals surface area (Å²) >= 11 is 0. The van der Waals surface area contributed by atoms with Gasteiger partial charge in [-0.2, -0.15) is 0 Å². The zero-order valence-electron chi connectivity index (χ0n) is 15.2. The molecule has 6 nitrogen and oxygen atoms in total. The molecule has 0 aliphatic carbocycles. The van der Waals surface area contributed by atoms with Crippen LogP contribution in [0, 0.1) is 5.92 Å². The number of nitrogens with one attached hydrogen (secondary N) is 2. The highest BCUT2D eigenvalue weighted by Gasteiger charge is 2.23. The summed E-state index contributed by atoms with van der Waals surface area (Å²) in [5, 5.41) is 3.40. The lowest BCUT2D eigenvalue weighted by molar-refractivity contribution is -0.131. The molecule has 1 unspecified atom stereocenters. The molecule has 0 bridgehead atoms. The largest absolute Gasteiger partial charge is 0.336 e. The van der Waals surface area contributed by atoms with E-state index in [0.717, 1.165) is 31.0 Å². The van der Waals surface area contributed by atoms with Crippen LogP contribution in [0.15, 0.2) is 35.4 Å². The van der Waals surface area contributed by atoms with Crippen LogP contribution >= 0.6 is 12.4 Å². The summed E-state index contributed by atoms with van der Waals surface area (Å²) in [5.74, 6) is 0.817. The topological polar surface area (TPSA) is 78.1 Å². The van der Waals surface area contributed by atoms with Crippen molar-refractivity contribution in [3.05, 3.63) is 63.3 Å². The van der Waals surface area contributed by atoms with Crippen molar-refractivity contribution in [2.24, 2.45) is 5.92 Å². The summed E-state index contributed by atoms with van der Waals surface area (Å²) in [6.07, 6.45) is 4.72. The van der Waals surface area contributed by atoms with Gasteiger partial charge in [0.1, 0.15) is 0 Å². The predicted molar refractivity (Wildman–Crippen MR) is 106 cm³/mol. The molecule has 4 rings (SSSR count). The van der Waals surface area contributed by atoms with Crippen molar-refractivity contribution in [3.8, 4) is 0 Å². The first-order valence-corrected chi connectivity index (χ1v) is 9.31. The monoisotopic (exact) mass is 388 g/mol. The van der Waals surface area contributed by atoms with Gasteiger partial charge in [0.2, 0.25) is 5.91 Å². The number of carbonyl (C=O) groups excluding carboxylic acids is 1. The Bertz CT molecular complexity index is 844. The molecule has 7 heteroatoms. The van der Waals surface area contributed by atoms with Gasteiger partial charge in [0.25, 0.3) is 5.56 Å². The second kappa shape index (κ2) is 8.67. The maximum atomic E-state index is 12.6. The van der Waals surface area contributed by atoms with E-state index >= 15 is 0 Å². The lowest BCUT2D eigenvalue weighted by Gasteiger charge is -2.27. The van der Waals surface area contributed by atoms with Crippen LogP contribution in [0.4, 0.5) is 0 Å². The molecular formula is C20H25ClN4O2. The third-order valence-corrected chi connectivity index (χ3v) is 5.43.